The lowest BCUT2D eigenvalue weighted by Gasteiger charge is -2.36. The molecule has 2 saturated carbocycles. The second-order valence-corrected chi connectivity index (χ2v) is 6.20. The fraction of sp³-hybridized carbons (Fsp3) is 0.923. The number of hydrogen-bond donors (Lipinski definition) is 0. The molecule has 0 N–H and O–H groups in total. The molecule has 2 aliphatic rings. The molecular weight excluding hydrogens is 186 g/mol. The maximum absolute atomic E-state index is 11.8. The normalized spacial score (nSPS) is 30.9. The van der Waals surface area contributed by atoms with Crippen LogP contribution in [0.15, 0.2) is 0 Å². The molecule has 1 atom stereocenters. The largest absolute Gasteiger partial charge is 0.303 e. The number of rotatable bonds is 3. The van der Waals surface area contributed by atoms with Crippen LogP contribution in [0, 0.1) is 11.3 Å². The van der Waals surface area contributed by atoms with Gasteiger partial charge in [-0.2, -0.15) is 0 Å². The predicted molar refractivity (Wildman–Crippen MR) is 61.8 cm³/mol. The van der Waals surface area contributed by atoms with Gasteiger partial charge in [0.25, 0.3) is 0 Å². The molecule has 2 rings (SSSR count). The molecular formula is C13H23NO. The molecule has 1 unspecified atom stereocenters. The minimum absolute atomic E-state index is 0.305. The van der Waals surface area contributed by atoms with Crippen LogP contribution in [0.4, 0.5) is 0 Å². The molecule has 2 aliphatic carbocycles. The van der Waals surface area contributed by atoms with Gasteiger partial charge in [0.05, 0.1) is 0 Å². The van der Waals surface area contributed by atoms with E-state index in [0.29, 0.717) is 17.1 Å². The van der Waals surface area contributed by atoms with Crippen molar-refractivity contribution >= 4 is 5.78 Å². The van der Waals surface area contributed by atoms with Crippen LogP contribution >= 0.6 is 0 Å². The molecule has 0 amide bonds. The van der Waals surface area contributed by atoms with Crippen LogP contribution in [-0.4, -0.2) is 30.3 Å². The van der Waals surface area contributed by atoms with Crippen LogP contribution in [0.2, 0.25) is 0 Å². The van der Waals surface area contributed by atoms with E-state index in [0.717, 1.165) is 31.8 Å². The van der Waals surface area contributed by atoms with Crippen LogP contribution in [0.5, 0.6) is 0 Å². The smallest absolute Gasteiger partial charge is 0.137 e. The third kappa shape index (κ3) is 2.81. The van der Waals surface area contributed by atoms with Gasteiger partial charge in [-0.25, -0.2) is 0 Å². The Labute approximate surface area is 93.0 Å². The monoisotopic (exact) mass is 209 g/mol. The summed E-state index contributed by atoms with van der Waals surface area (Å²) >= 11 is 0. The summed E-state index contributed by atoms with van der Waals surface area (Å²) < 4.78 is 0. The molecule has 0 bridgehead atoms. The molecule has 15 heavy (non-hydrogen) atoms. The third-order valence-corrected chi connectivity index (χ3v) is 3.98. The Morgan fingerprint density at radius 1 is 1.40 bits per heavy atom. The van der Waals surface area contributed by atoms with E-state index in [2.05, 4.69) is 25.8 Å². The van der Waals surface area contributed by atoms with E-state index in [-0.39, 0.29) is 0 Å². The van der Waals surface area contributed by atoms with Crippen LogP contribution in [0.25, 0.3) is 0 Å². The molecule has 2 heteroatoms. The first kappa shape index (κ1) is 11.1. The van der Waals surface area contributed by atoms with Gasteiger partial charge in [0, 0.05) is 24.9 Å². The minimum atomic E-state index is 0.305. The van der Waals surface area contributed by atoms with E-state index >= 15 is 0 Å². The fourth-order valence-corrected chi connectivity index (χ4v) is 2.73. The zero-order valence-corrected chi connectivity index (χ0v) is 10.3. The average Bonchev–Trinajstić information content (AvgIpc) is 2.94. The lowest BCUT2D eigenvalue weighted by atomic mass is 9.71. The summed E-state index contributed by atoms with van der Waals surface area (Å²) in [6, 6.07) is 0.780. The molecule has 86 valence electrons. The first-order valence-electron chi connectivity index (χ1n) is 6.21. The zero-order valence-electron chi connectivity index (χ0n) is 10.3. The molecule has 0 aromatic rings. The standard InChI is InChI=1S/C13H23NO/c1-13(2)7-6-12(15)10(8-13)9-14(3)11-4-5-11/h10-11H,4-9H2,1-3H3. The van der Waals surface area contributed by atoms with Gasteiger partial charge in [0.2, 0.25) is 0 Å². The number of Topliss-reactive ketones (excluding diaryl/α,β-unsaturated/α-hetero) is 1. The second-order valence-electron chi connectivity index (χ2n) is 6.20. The van der Waals surface area contributed by atoms with Crippen molar-refractivity contribution in [1.82, 2.24) is 4.90 Å². The van der Waals surface area contributed by atoms with Crippen LogP contribution in [0.3, 0.4) is 0 Å². The van der Waals surface area contributed by atoms with Gasteiger partial charge >= 0.3 is 0 Å². The molecule has 0 heterocycles. The molecule has 2 nitrogen and oxygen atoms in total. The summed E-state index contributed by atoms with van der Waals surface area (Å²) in [7, 11) is 2.17. The first-order chi connectivity index (χ1) is 6.98. The third-order valence-electron chi connectivity index (χ3n) is 3.98. The van der Waals surface area contributed by atoms with Gasteiger partial charge in [-0.05, 0) is 38.1 Å². The quantitative estimate of drug-likeness (QED) is 0.711. The zero-order chi connectivity index (χ0) is 11.1. The maximum Gasteiger partial charge on any atom is 0.137 e. The summed E-state index contributed by atoms with van der Waals surface area (Å²) in [4.78, 5) is 14.2. The molecule has 0 saturated heterocycles. The molecule has 0 aromatic heterocycles. The van der Waals surface area contributed by atoms with Crippen molar-refractivity contribution in [3.63, 3.8) is 0 Å². The Morgan fingerprint density at radius 3 is 2.67 bits per heavy atom. The Bertz CT molecular complexity index is 255. The lowest BCUT2D eigenvalue weighted by molar-refractivity contribution is -0.127. The Hall–Kier alpha value is -0.370. The number of carbonyl (C=O) groups excluding carboxylic acids is 1. The SMILES string of the molecule is CN(CC1CC(C)(C)CCC1=O)C1CC1. The van der Waals surface area contributed by atoms with Gasteiger partial charge in [0.1, 0.15) is 5.78 Å². The molecule has 0 spiro atoms. The highest BCUT2D eigenvalue weighted by atomic mass is 16.1. The van der Waals surface area contributed by atoms with E-state index in [1.54, 1.807) is 0 Å². The van der Waals surface area contributed by atoms with Gasteiger partial charge in [-0.3, -0.25) is 4.79 Å². The van der Waals surface area contributed by atoms with Crippen LogP contribution in [0.1, 0.15) is 46.0 Å². The molecule has 0 aromatic carbocycles. The highest BCUT2D eigenvalue weighted by Gasteiger charge is 2.36. The van der Waals surface area contributed by atoms with E-state index in [4.69, 9.17) is 0 Å². The number of ketones is 1. The van der Waals surface area contributed by atoms with Crippen molar-refractivity contribution in [2.45, 2.75) is 52.0 Å². The van der Waals surface area contributed by atoms with Crippen molar-refractivity contribution in [3.05, 3.63) is 0 Å². The molecule has 2 fully saturated rings. The van der Waals surface area contributed by atoms with Crippen molar-refractivity contribution in [1.29, 1.82) is 0 Å². The summed E-state index contributed by atoms with van der Waals surface area (Å²) in [5, 5.41) is 0. The Kier molecular flexibility index (Phi) is 2.89. The highest BCUT2D eigenvalue weighted by Crippen LogP contribution is 2.38. The molecule has 0 aliphatic heterocycles. The number of carbonyl (C=O) groups is 1. The summed E-state index contributed by atoms with van der Waals surface area (Å²) in [6.07, 6.45) is 5.64. The average molecular weight is 209 g/mol. The topological polar surface area (TPSA) is 20.3 Å². The lowest BCUT2D eigenvalue weighted by Crippen LogP contribution is -2.38. The number of nitrogens with zero attached hydrogens (tertiary/aromatic N) is 1. The van der Waals surface area contributed by atoms with E-state index < -0.39 is 0 Å². The Balaban J connectivity index is 1.90. The fourth-order valence-electron chi connectivity index (χ4n) is 2.73. The van der Waals surface area contributed by atoms with Crippen molar-refractivity contribution in [3.8, 4) is 0 Å². The van der Waals surface area contributed by atoms with E-state index in [1.165, 1.54) is 12.8 Å². The minimum Gasteiger partial charge on any atom is -0.303 e. The van der Waals surface area contributed by atoms with Crippen molar-refractivity contribution < 1.29 is 4.79 Å². The van der Waals surface area contributed by atoms with Crippen LogP contribution in [-0.2, 0) is 4.79 Å². The van der Waals surface area contributed by atoms with Gasteiger partial charge in [-0.15, -0.1) is 0 Å². The van der Waals surface area contributed by atoms with E-state index in [1.807, 2.05) is 0 Å². The predicted octanol–water partition coefficient (Wildman–Crippen LogP) is 2.48. The first-order valence-corrected chi connectivity index (χ1v) is 6.21. The summed E-state index contributed by atoms with van der Waals surface area (Å²) in [6.45, 7) is 5.58. The van der Waals surface area contributed by atoms with Crippen LogP contribution < -0.4 is 0 Å². The summed E-state index contributed by atoms with van der Waals surface area (Å²) in [5.41, 5.74) is 0.378. The Morgan fingerprint density at radius 2 is 2.07 bits per heavy atom. The van der Waals surface area contributed by atoms with Gasteiger partial charge < -0.3 is 4.90 Å². The highest BCUT2D eigenvalue weighted by molar-refractivity contribution is 5.82. The maximum atomic E-state index is 11.8. The second kappa shape index (κ2) is 3.89. The van der Waals surface area contributed by atoms with Gasteiger partial charge in [0.15, 0.2) is 0 Å². The van der Waals surface area contributed by atoms with Crippen molar-refractivity contribution in [2.24, 2.45) is 11.3 Å². The summed E-state index contributed by atoms with van der Waals surface area (Å²) in [5.74, 6) is 0.807. The van der Waals surface area contributed by atoms with Crippen molar-refractivity contribution in [2.75, 3.05) is 13.6 Å². The van der Waals surface area contributed by atoms with Gasteiger partial charge in [-0.1, -0.05) is 13.8 Å². The van der Waals surface area contributed by atoms with E-state index in [9.17, 15) is 4.79 Å². The molecule has 0 radical (unpaired) electrons. The number of hydrogen-bond acceptors (Lipinski definition) is 2.